The zero-order valence-electron chi connectivity index (χ0n) is 6.51. The third-order valence-corrected chi connectivity index (χ3v) is 0.820. The maximum absolute atomic E-state index is 10.3. The lowest BCUT2D eigenvalue weighted by Gasteiger charge is -1.84. The van der Waals surface area contributed by atoms with Crippen LogP contribution in [-0.4, -0.2) is 9.97 Å². The minimum atomic E-state index is -0.287. The molecule has 0 aromatic carbocycles. The summed E-state index contributed by atoms with van der Waals surface area (Å²) in [5, 5.41) is 0. The van der Waals surface area contributed by atoms with Crippen LogP contribution in [0.5, 0.6) is 0 Å². The van der Waals surface area contributed by atoms with E-state index in [1.54, 1.807) is 6.07 Å². The maximum atomic E-state index is 10.3. The Labute approximate surface area is 69.0 Å². The average Bonchev–Trinajstić information content (AvgIpc) is 1.91. The van der Waals surface area contributed by atoms with Crippen LogP contribution in [0.25, 0.3) is 0 Å². The molecule has 1 aromatic heterocycles. The van der Waals surface area contributed by atoms with Gasteiger partial charge in [-0.25, -0.2) is 9.78 Å². The number of H-pyrrole nitrogens is 1. The highest BCUT2D eigenvalue weighted by Crippen LogP contribution is 1.78. The van der Waals surface area contributed by atoms with Crippen molar-refractivity contribution in [3.8, 4) is 0 Å². The molecule has 3 heteroatoms. The molecule has 11 heavy (non-hydrogen) atoms. The Kier molecular flexibility index (Phi) is 7.98. The van der Waals surface area contributed by atoms with Crippen molar-refractivity contribution in [2.24, 2.45) is 0 Å². The first-order valence-electron chi connectivity index (χ1n) is 3.31. The zero-order valence-corrected chi connectivity index (χ0v) is 6.51. The quantitative estimate of drug-likeness (QED) is 0.627. The number of nitrogens with zero attached hydrogens (tertiary/aromatic N) is 1. The molecule has 0 aliphatic rings. The molecule has 1 heterocycles. The number of hydrogen-bond donors (Lipinski definition) is 1. The Morgan fingerprint density at radius 1 is 1.55 bits per heavy atom. The Hall–Kier alpha value is -1.12. The van der Waals surface area contributed by atoms with E-state index in [1.165, 1.54) is 6.20 Å². The van der Waals surface area contributed by atoms with Crippen LogP contribution in [0, 0.1) is 6.92 Å². The van der Waals surface area contributed by atoms with Gasteiger partial charge in [0.1, 0.15) is 0 Å². The predicted molar refractivity (Wildman–Crippen MR) is 49.8 cm³/mol. The van der Waals surface area contributed by atoms with Gasteiger partial charge in [0, 0.05) is 13.3 Å². The minimum absolute atomic E-state index is 0. The van der Waals surface area contributed by atoms with Crippen molar-refractivity contribution in [3.63, 3.8) is 0 Å². The summed E-state index contributed by atoms with van der Waals surface area (Å²) in [6, 6.07) is 1.74. The fraction of sp³-hybridized carbons (Fsp3) is 0.500. The van der Waals surface area contributed by atoms with E-state index in [-0.39, 0.29) is 14.5 Å². The summed E-state index contributed by atoms with van der Waals surface area (Å²) >= 11 is 0. The van der Waals surface area contributed by atoms with Crippen molar-refractivity contribution in [2.45, 2.75) is 28.2 Å². The molecule has 3 nitrogen and oxygen atoms in total. The SMILES string of the molecule is C.CC.Cc1ccnc(=O)[nH]1.[HH]. The van der Waals surface area contributed by atoms with E-state index in [2.05, 4.69) is 9.97 Å². The smallest absolute Gasteiger partial charge is 0.310 e. The van der Waals surface area contributed by atoms with Gasteiger partial charge in [0.05, 0.1) is 0 Å². The molecule has 0 saturated carbocycles. The lowest BCUT2D eigenvalue weighted by atomic mass is 10.5. The molecule has 0 unspecified atom stereocenters. The third-order valence-electron chi connectivity index (χ3n) is 0.820. The number of aromatic amines is 1. The van der Waals surface area contributed by atoms with Crippen molar-refractivity contribution < 1.29 is 1.43 Å². The molecule has 0 saturated heterocycles. The maximum Gasteiger partial charge on any atom is 0.345 e. The van der Waals surface area contributed by atoms with E-state index in [0.717, 1.165) is 5.69 Å². The highest BCUT2D eigenvalue weighted by molar-refractivity contribution is 4.92. The summed E-state index contributed by atoms with van der Waals surface area (Å²) in [5.74, 6) is 0. The molecule has 1 rings (SSSR count). The first kappa shape index (κ1) is 12.5. The predicted octanol–water partition coefficient (Wildman–Crippen LogP) is 1.99. The van der Waals surface area contributed by atoms with Gasteiger partial charge in [-0.2, -0.15) is 0 Å². The van der Waals surface area contributed by atoms with Crippen LogP contribution in [0.4, 0.5) is 0 Å². The summed E-state index contributed by atoms with van der Waals surface area (Å²) in [6.07, 6.45) is 1.48. The van der Waals surface area contributed by atoms with E-state index in [0.29, 0.717) is 0 Å². The molecule has 0 aliphatic heterocycles. The number of hydrogen-bond acceptors (Lipinski definition) is 2. The zero-order chi connectivity index (χ0) is 7.98. The van der Waals surface area contributed by atoms with E-state index >= 15 is 0 Å². The van der Waals surface area contributed by atoms with Gasteiger partial charge in [0.15, 0.2) is 0 Å². The highest BCUT2D eigenvalue weighted by atomic mass is 16.1. The topological polar surface area (TPSA) is 45.8 Å². The summed E-state index contributed by atoms with van der Waals surface area (Å²) in [6.45, 7) is 5.81. The van der Waals surface area contributed by atoms with Crippen LogP contribution in [-0.2, 0) is 0 Å². The molecular weight excluding hydrogens is 140 g/mol. The van der Waals surface area contributed by atoms with Crippen molar-refractivity contribution in [2.75, 3.05) is 0 Å². The third kappa shape index (κ3) is 5.33. The number of aryl methyl sites for hydroxylation is 1. The monoisotopic (exact) mass is 158 g/mol. The molecule has 66 valence electrons. The largest absolute Gasteiger partial charge is 0.345 e. The van der Waals surface area contributed by atoms with Crippen LogP contribution in [0.15, 0.2) is 17.1 Å². The first-order chi connectivity index (χ1) is 4.79. The Balaban J connectivity index is -0.000000189. The second-order valence-corrected chi connectivity index (χ2v) is 1.56. The molecule has 1 aromatic rings. The number of aromatic nitrogens is 2. The van der Waals surface area contributed by atoms with Gasteiger partial charge < -0.3 is 4.98 Å². The molecule has 0 atom stereocenters. The standard InChI is InChI=1S/C5H6N2O.C2H6.CH4.H2/c1-4-2-3-6-5(8)7-4;1-2;;/h2-3H,1H3,(H,6,7,8);1-2H3;1H4;1H. The van der Waals surface area contributed by atoms with Crippen molar-refractivity contribution >= 4 is 0 Å². The van der Waals surface area contributed by atoms with E-state index in [1.807, 2.05) is 20.8 Å². The van der Waals surface area contributed by atoms with E-state index < -0.39 is 0 Å². The lowest BCUT2D eigenvalue weighted by Crippen LogP contribution is -2.08. The molecule has 0 radical (unpaired) electrons. The van der Waals surface area contributed by atoms with E-state index in [4.69, 9.17) is 0 Å². The number of nitrogens with one attached hydrogen (secondary N) is 1. The van der Waals surface area contributed by atoms with Gasteiger partial charge in [-0.15, -0.1) is 0 Å². The second kappa shape index (κ2) is 6.99. The van der Waals surface area contributed by atoms with E-state index in [9.17, 15) is 4.79 Å². The molecule has 0 bridgehead atoms. The summed E-state index contributed by atoms with van der Waals surface area (Å²) < 4.78 is 0. The van der Waals surface area contributed by atoms with Crippen LogP contribution >= 0.6 is 0 Å². The van der Waals surface area contributed by atoms with Gasteiger partial charge in [-0.05, 0) is 13.0 Å². The van der Waals surface area contributed by atoms with Gasteiger partial charge in [-0.3, -0.25) is 0 Å². The Bertz CT molecular complexity index is 234. The Morgan fingerprint density at radius 2 is 2.09 bits per heavy atom. The molecular formula is C8H18N2O. The molecule has 0 spiro atoms. The first-order valence-corrected chi connectivity index (χ1v) is 3.31. The van der Waals surface area contributed by atoms with Crippen molar-refractivity contribution in [1.82, 2.24) is 9.97 Å². The Morgan fingerprint density at radius 3 is 2.36 bits per heavy atom. The number of rotatable bonds is 0. The molecule has 0 aliphatic carbocycles. The molecule has 1 N–H and O–H groups in total. The van der Waals surface area contributed by atoms with Crippen molar-refractivity contribution in [1.29, 1.82) is 0 Å². The van der Waals surface area contributed by atoms with Gasteiger partial charge in [0.25, 0.3) is 0 Å². The van der Waals surface area contributed by atoms with Gasteiger partial charge in [-0.1, -0.05) is 21.3 Å². The fourth-order valence-electron chi connectivity index (χ4n) is 0.459. The minimum Gasteiger partial charge on any atom is -0.310 e. The van der Waals surface area contributed by atoms with Crippen molar-refractivity contribution in [3.05, 3.63) is 28.4 Å². The normalized spacial score (nSPS) is 7.18. The van der Waals surface area contributed by atoms with Gasteiger partial charge >= 0.3 is 5.69 Å². The van der Waals surface area contributed by atoms with Crippen LogP contribution in [0.1, 0.15) is 28.4 Å². The summed E-state index contributed by atoms with van der Waals surface area (Å²) in [4.78, 5) is 16.3. The molecule has 0 amide bonds. The summed E-state index contributed by atoms with van der Waals surface area (Å²) in [7, 11) is 0. The van der Waals surface area contributed by atoms with Crippen LogP contribution in [0.3, 0.4) is 0 Å². The second-order valence-electron chi connectivity index (χ2n) is 1.56. The van der Waals surface area contributed by atoms with Gasteiger partial charge in [0.2, 0.25) is 0 Å². The molecule has 0 fully saturated rings. The summed E-state index contributed by atoms with van der Waals surface area (Å²) in [5.41, 5.74) is 0.551. The van der Waals surface area contributed by atoms with Crippen LogP contribution < -0.4 is 5.69 Å². The lowest BCUT2D eigenvalue weighted by molar-refractivity contribution is 1.03. The van der Waals surface area contributed by atoms with Crippen LogP contribution in [0.2, 0.25) is 0 Å². The fourth-order valence-corrected chi connectivity index (χ4v) is 0.459. The highest BCUT2D eigenvalue weighted by Gasteiger charge is 1.80. The average molecular weight is 158 g/mol.